The SMILES string of the molecule is C(OCC1CO1)C1CO1.CCC[Si](C)(CC)C(C)N. The van der Waals surface area contributed by atoms with Crippen molar-refractivity contribution in [3.63, 3.8) is 0 Å². The zero-order chi connectivity index (χ0) is 14.3. The molecule has 0 amide bonds. The van der Waals surface area contributed by atoms with Crippen LogP contribution in [0.25, 0.3) is 0 Å². The lowest BCUT2D eigenvalue weighted by atomic mass is 10.5. The molecule has 0 aromatic rings. The van der Waals surface area contributed by atoms with Gasteiger partial charge in [0, 0.05) is 0 Å². The summed E-state index contributed by atoms with van der Waals surface area (Å²) in [5.74, 6) is 0. The molecule has 114 valence electrons. The van der Waals surface area contributed by atoms with Crippen LogP contribution in [0.4, 0.5) is 0 Å². The quantitative estimate of drug-likeness (QED) is 0.549. The molecule has 0 aromatic carbocycles. The second-order valence-corrected chi connectivity index (χ2v) is 11.4. The molecule has 0 saturated carbocycles. The number of hydrogen-bond donors (Lipinski definition) is 1. The molecule has 19 heavy (non-hydrogen) atoms. The van der Waals surface area contributed by atoms with E-state index in [0.717, 1.165) is 26.4 Å². The molecule has 2 fully saturated rings. The summed E-state index contributed by atoms with van der Waals surface area (Å²) in [7, 11) is -1.02. The number of nitrogens with two attached hydrogens (primary N) is 1. The lowest BCUT2D eigenvalue weighted by Crippen LogP contribution is -2.47. The Bertz CT molecular complexity index is 233. The molecule has 4 unspecified atom stereocenters. The summed E-state index contributed by atoms with van der Waals surface area (Å²) < 4.78 is 15.1. The predicted molar refractivity (Wildman–Crippen MR) is 81.1 cm³/mol. The molecule has 5 heteroatoms. The van der Waals surface area contributed by atoms with E-state index >= 15 is 0 Å². The lowest BCUT2D eigenvalue weighted by Gasteiger charge is -2.29. The molecule has 4 atom stereocenters. The summed E-state index contributed by atoms with van der Waals surface area (Å²) in [4.78, 5) is 0. The van der Waals surface area contributed by atoms with E-state index in [2.05, 4.69) is 27.3 Å². The Morgan fingerprint density at radius 3 is 1.89 bits per heavy atom. The Morgan fingerprint density at radius 2 is 1.68 bits per heavy atom. The number of ether oxygens (including phenoxy) is 3. The van der Waals surface area contributed by atoms with Gasteiger partial charge in [0.05, 0.1) is 34.5 Å². The minimum Gasteiger partial charge on any atom is -0.376 e. The van der Waals surface area contributed by atoms with Gasteiger partial charge < -0.3 is 19.9 Å². The fourth-order valence-electron chi connectivity index (χ4n) is 1.96. The van der Waals surface area contributed by atoms with Gasteiger partial charge in [-0.15, -0.1) is 0 Å². The third-order valence-corrected chi connectivity index (χ3v) is 9.60. The van der Waals surface area contributed by atoms with E-state index < -0.39 is 8.07 Å². The molecule has 0 spiro atoms. The zero-order valence-corrected chi connectivity index (χ0v) is 14.0. The van der Waals surface area contributed by atoms with E-state index in [4.69, 9.17) is 19.9 Å². The summed E-state index contributed by atoms with van der Waals surface area (Å²) >= 11 is 0. The standard InChI is InChI=1S/C8H21NSi.C6H10O3/c1-5-7-10(4,6-2)8(3)9;1(5-3-8-5)7-2-6-4-9-6/h8H,5-7,9H2,1-4H3;5-6H,1-4H2. The second kappa shape index (κ2) is 8.37. The highest BCUT2D eigenvalue weighted by Crippen LogP contribution is 2.19. The zero-order valence-electron chi connectivity index (χ0n) is 13.0. The predicted octanol–water partition coefficient (Wildman–Crippen LogP) is 2.18. The van der Waals surface area contributed by atoms with Crippen molar-refractivity contribution in [3.8, 4) is 0 Å². The third kappa shape index (κ3) is 7.42. The number of epoxide rings is 2. The molecule has 2 rings (SSSR count). The van der Waals surface area contributed by atoms with E-state index in [1.807, 2.05) is 0 Å². The van der Waals surface area contributed by atoms with Crippen LogP contribution in [-0.2, 0) is 14.2 Å². The summed E-state index contributed by atoms with van der Waals surface area (Å²) in [6.07, 6.45) is 2.09. The fourth-order valence-corrected chi connectivity index (χ4v) is 4.55. The second-order valence-electron chi connectivity index (χ2n) is 5.99. The van der Waals surface area contributed by atoms with E-state index in [1.54, 1.807) is 0 Å². The third-order valence-electron chi connectivity index (χ3n) is 4.14. The number of rotatable bonds is 8. The average Bonchev–Trinajstić information content (AvgIpc) is 3.24. The van der Waals surface area contributed by atoms with Crippen LogP contribution in [0, 0.1) is 0 Å². The number of hydrogen-bond acceptors (Lipinski definition) is 4. The Balaban J connectivity index is 0.000000190. The molecule has 2 aliphatic heterocycles. The van der Waals surface area contributed by atoms with E-state index in [9.17, 15) is 0 Å². The van der Waals surface area contributed by atoms with Crippen molar-refractivity contribution >= 4 is 8.07 Å². The molecule has 4 nitrogen and oxygen atoms in total. The maximum Gasteiger partial charge on any atom is 0.104 e. The minimum absolute atomic E-state index is 0.392. The Labute approximate surface area is 119 Å². The van der Waals surface area contributed by atoms with Crippen molar-refractivity contribution in [1.82, 2.24) is 0 Å². The summed E-state index contributed by atoms with van der Waals surface area (Å²) in [5, 5.41) is 0. The first-order valence-corrected chi connectivity index (χ1v) is 10.6. The van der Waals surface area contributed by atoms with E-state index in [1.165, 1.54) is 18.5 Å². The molecule has 0 radical (unpaired) electrons. The minimum atomic E-state index is -1.02. The van der Waals surface area contributed by atoms with Gasteiger partial charge in [0.25, 0.3) is 0 Å². The van der Waals surface area contributed by atoms with Gasteiger partial charge in [0.1, 0.15) is 12.2 Å². The van der Waals surface area contributed by atoms with Gasteiger partial charge in [-0.1, -0.05) is 45.8 Å². The highest BCUT2D eigenvalue weighted by Gasteiger charge is 2.28. The monoisotopic (exact) mass is 289 g/mol. The van der Waals surface area contributed by atoms with Crippen LogP contribution in [-0.4, -0.2) is 52.4 Å². The van der Waals surface area contributed by atoms with Crippen LogP contribution >= 0.6 is 0 Å². The smallest absolute Gasteiger partial charge is 0.104 e. The lowest BCUT2D eigenvalue weighted by molar-refractivity contribution is 0.102. The molecule has 2 heterocycles. The Hall–Kier alpha value is 0.0569. The fraction of sp³-hybridized carbons (Fsp3) is 1.00. The van der Waals surface area contributed by atoms with Gasteiger partial charge in [0.2, 0.25) is 0 Å². The topological polar surface area (TPSA) is 60.3 Å². The van der Waals surface area contributed by atoms with E-state index in [0.29, 0.717) is 17.9 Å². The van der Waals surface area contributed by atoms with Crippen molar-refractivity contribution in [1.29, 1.82) is 0 Å². The molecule has 2 saturated heterocycles. The van der Waals surface area contributed by atoms with Crippen molar-refractivity contribution in [2.24, 2.45) is 5.73 Å². The molecule has 0 aromatic heterocycles. The molecular weight excluding hydrogens is 258 g/mol. The first-order valence-electron chi connectivity index (χ1n) is 7.58. The van der Waals surface area contributed by atoms with Gasteiger partial charge >= 0.3 is 0 Å². The van der Waals surface area contributed by atoms with Crippen LogP contribution in [0.15, 0.2) is 0 Å². The van der Waals surface area contributed by atoms with Crippen LogP contribution in [0.5, 0.6) is 0 Å². The van der Waals surface area contributed by atoms with Gasteiger partial charge in [-0.2, -0.15) is 0 Å². The summed E-state index contributed by atoms with van der Waals surface area (Å²) in [6.45, 7) is 12.4. The van der Waals surface area contributed by atoms with Gasteiger partial charge in [-0.3, -0.25) is 0 Å². The van der Waals surface area contributed by atoms with Crippen LogP contribution in [0.3, 0.4) is 0 Å². The highest BCUT2D eigenvalue weighted by atomic mass is 28.3. The van der Waals surface area contributed by atoms with Crippen LogP contribution in [0.2, 0.25) is 18.6 Å². The molecule has 2 aliphatic rings. The van der Waals surface area contributed by atoms with Crippen LogP contribution < -0.4 is 5.73 Å². The normalized spacial score (nSPS) is 28.9. The van der Waals surface area contributed by atoms with Crippen molar-refractivity contribution in [2.75, 3.05) is 26.4 Å². The average molecular weight is 289 g/mol. The molecule has 0 aliphatic carbocycles. The van der Waals surface area contributed by atoms with Crippen molar-refractivity contribution in [2.45, 2.75) is 63.7 Å². The first-order chi connectivity index (χ1) is 9.01. The highest BCUT2D eigenvalue weighted by molar-refractivity contribution is 6.79. The largest absolute Gasteiger partial charge is 0.376 e. The maximum atomic E-state index is 5.93. The van der Waals surface area contributed by atoms with Gasteiger partial charge in [0.15, 0.2) is 0 Å². The summed E-state index contributed by atoms with van der Waals surface area (Å²) in [6, 6.07) is 2.72. The molecule has 2 N–H and O–H groups in total. The Morgan fingerprint density at radius 1 is 1.21 bits per heavy atom. The van der Waals surface area contributed by atoms with Crippen molar-refractivity contribution in [3.05, 3.63) is 0 Å². The Kier molecular flexibility index (Phi) is 7.53. The van der Waals surface area contributed by atoms with Gasteiger partial charge in [-0.25, -0.2) is 0 Å². The summed E-state index contributed by atoms with van der Waals surface area (Å²) in [5.41, 5.74) is 6.40. The van der Waals surface area contributed by atoms with Crippen molar-refractivity contribution < 1.29 is 14.2 Å². The maximum absolute atomic E-state index is 5.93. The van der Waals surface area contributed by atoms with E-state index in [-0.39, 0.29) is 0 Å². The first kappa shape index (κ1) is 17.1. The van der Waals surface area contributed by atoms with Crippen LogP contribution in [0.1, 0.15) is 27.2 Å². The molecular formula is C14H31NO3Si. The van der Waals surface area contributed by atoms with Gasteiger partial charge in [-0.05, 0) is 5.67 Å². The molecule has 0 bridgehead atoms.